The highest BCUT2D eigenvalue weighted by Gasteiger charge is 2.41. The van der Waals surface area contributed by atoms with Gasteiger partial charge in [0.05, 0.1) is 0 Å². The van der Waals surface area contributed by atoms with Gasteiger partial charge in [-0.3, -0.25) is 0 Å². The Kier molecular flexibility index (Phi) is 4.50. The molecule has 0 aliphatic rings. The molecule has 0 amide bonds. The van der Waals surface area contributed by atoms with Crippen molar-refractivity contribution in [3.63, 3.8) is 0 Å². The van der Waals surface area contributed by atoms with E-state index in [2.05, 4.69) is 99.8 Å². The molecule has 140 valence electrons. The first-order valence-electron chi connectivity index (χ1n) is 9.38. The van der Waals surface area contributed by atoms with Crippen molar-refractivity contribution >= 4 is 11.3 Å². The minimum atomic E-state index is -0.704. The average Bonchev–Trinajstić information content (AvgIpc) is 3.49. The minimum Gasteiger partial charge on any atom is -0.205 e. The lowest BCUT2D eigenvalue weighted by Gasteiger charge is -2.36. The van der Waals surface area contributed by atoms with Gasteiger partial charge < -0.3 is 0 Å². The van der Waals surface area contributed by atoms with Crippen LogP contribution in [0, 0.1) is 0 Å². The molecule has 29 heavy (non-hydrogen) atoms. The Labute approximate surface area is 173 Å². The predicted octanol–water partition coefficient (Wildman–Crippen LogP) is 5.24. The summed E-state index contributed by atoms with van der Waals surface area (Å²) in [5.41, 5.74) is 3.60. The van der Waals surface area contributed by atoms with Crippen LogP contribution in [0.3, 0.4) is 0 Å². The topological polar surface area (TPSA) is 43.6 Å². The van der Waals surface area contributed by atoms with Crippen LogP contribution in [0.15, 0.2) is 108 Å². The van der Waals surface area contributed by atoms with E-state index >= 15 is 0 Å². The second kappa shape index (κ2) is 7.45. The molecule has 0 spiro atoms. The molecule has 0 atom stereocenters. The van der Waals surface area contributed by atoms with E-state index in [1.54, 1.807) is 11.3 Å². The summed E-state index contributed by atoms with van der Waals surface area (Å²) in [6, 6.07) is 33.3. The molecule has 3 aromatic carbocycles. The third kappa shape index (κ3) is 2.87. The first kappa shape index (κ1) is 17.5. The van der Waals surface area contributed by atoms with Crippen molar-refractivity contribution in [3.8, 4) is 11.4 Å². The maximum Gasteiger partial charge on any atom is 0.184 e. The van der Waals surface area contributed by atoms with E-state index in [-0.39, 0.29) is 0 Å². The summed E-state index contributed by atoms with van der Waals surface area (Å²) < 4.78 is 1.95. The Morgan fingerprint density at radius 1 is 0.655 bits per heavy atom. The highest BCUT2D eigenvalue weighted by molar-refractivity contribution is 7.08. The minimum absolute atomic E-state index is 0.704. The fourth-order valence-electron chi connectivity index (χ4n) is 3.89. The summed E-state index contributed by atoms with van der Waals surface area (Å²) in [6.45, 7) is 0. The molecule has 5 rings (SSSR count). The van der Waals surface area contributed by atoms with Crippen molar-refractivity contribution in [1.29, 1.82) is 0 Å². The average molecular weight is 395 g/mol. The number of nitrogens with zero attached hydrogens (tertiary/aromatic N) is 4. The fraction of sp³-hybridized carbons (Fsp3) is 0.0417. The molecule has 0 unspecified atom stereocenters. The number of aromatic nitrogens is 4. The highest BCUT2D eigenvalue weighted by atomic mass is 32.1. The summed E-state index contributed by atoms with van der Waals surface area (Å²) in [7, 11) is 0. The Balaban J connectivity index is 1.92. The van der Waals surface area contributed by atoms with Crippen molar-refractivity contribution in [1.82, 2.24) is 20.2 Å². The van der Waals surface area contributed by atoms with Gasteiger partial charge in [0.25, 0.3) is 0 Å². The van der Waals surface area contributed by atoms with Crippen LogP contribution >= 0.6 is 11.3 Å². The van der Waals surface area contributed by atoms with Gasteiger partial charge in [-0.25, -0.2) is 4.68 Å². The highest BCUT2D eigenvalue weighted by Crippen LogP contribution is 2.42. The van der Waals surface area contributed by atoms with Crippen LogP contribution < -0.4 is 0 Å². The van der Waals surface area contributed by atoms with Crippen molar-refractivity contribution in [2.45, 2.75) is 5.54 Å². The molecule has 5 aromatic rings. The second-order valence-corrected chi connectivity index (χ2v) is 7.51. The molecule has 5 heteroatoms. The van der Waals surface area contributed by atoms with Crippen LogP contribution in [-0.4, -0.2) is 20.2 Å². The summed E-state index contributed by atoms with van der Waals surface area (Å²) >= 11 is 1.64. The summed E-state index contributed by atoms with van der Waals surface area (Å²) in [5.74, 6) is 0.739. The van der Waals surface area contributed by atoms with Crippen molar-refractivity contribution in [3.05, 3.63) is 125 Å². The first-order valence-corrected chi connectivity index (χ1v) is 10.3. The van der Waals surface area contributed by atoms with Gasteiger partial charge in [0.15, 0.2) is 5.82 Å². The molecular weight excluding hydrogens is 376 g/mol. The molecule has 2 aromatic heterocycles. The molecule has 0 bridgehead atoms. The standard InChI is InChI=1S/C24H18N4S/c1-4-10-20(11-5-1)24(21-12-6-2-7-13-21,22-14-8-3-9-15-22)28-23(25-26-27-28)19-16-17-29-18-19/h1-18H. The molecule has 0 aliphatic carbocycles. The summed E-state index contributed by atoms with van der Waals surface area (Å²) in [6.07, 6.45) is 0. The molecular formula is C24H18N4S. The van der Waals surface area contributed by atoms with E-state index in [1.165, 1.54) is 0 Å². The van der Waals surface area contributed by atoms with Crippen LogP contribution in [0.4, 0.5) is 0 Å². The van der Waals surface area contributed by atoms with E-state index in [0.29, 0.717) is 0 Å². The van der Waals surface area contributed by atoms with Gasteiger partial charge >= 0.3 is 0 Å². The SMILES string of the molecule is c1ccc(C(c2ccccc2)(c2ccccc2)n2nnnc2-c2ccsc2)cc1. The van der Waals surface area contributed by atoms with E-state index in [0.717, 1.165) is 28.1 Å². The van der Waals surface area contributed by atoms with Gasteiger partial charge in [-0.15, -0.1) is 5.10 Å². The monoisotopic (exact) mass is 394 g/mol. The lowest BCUT2D eigenvalue weighted by molar-refractivity contribution is 0.451. The van der Waals surface area contributed by atoms with Gasteiger partial charge in [-0.05, 0) is 38.6 Å². The lowest BCUT2D eigenvalue weighted by atomic mass is 9.77. The zero-order valence-electron chi connectivity index (χ0n) is 15.6. The van der Waals surface area contributed by atoms with Crippen molar-refractivity contribution < 1.29 is 0 Å². The van der Waals surface area contributed by atoms with E-state index in [1.807, 2.05) is 28.3 Å². The van der Waals surface area contributed by atoms with Crippen molar-refractivity contribution in [2.75, 3.05) is 0 Å². The molecule has 0 saturated carbocycles. The number of rotatable bonds is 5. The zero-order chi connectivity index (χ0) is 19.5. The summed E-state index contributed by atoms with van der Waals surface area (Å²) in [5, 5.41) is 17.2. The zero-order valence-corrected chi connectivity index (χ0v) is 16.4. The Morgan fingerprint density at radius 3 is 1.62 bits per heavy atom. The van der Waals surface area contributed by atoms with Gasteiger partial charge in [0.2, 0.25) is 0 Å². The predicted molar refractivity (Wildman–Crippen MR) is 116 cm³/mol. The largest absolute Gasteiger partial charge is 0.205 e. The number of thiophene rings is 1. The Morgan fingerprint density at radius 2 is 1.17 bits per heavy atom. The van der Waals surface area contributed by atoms with Crippen LogP contribution in [0.5, 0.6) is 0 Å². The number of tetrazole rings is 1. The van der Waals surface area contributed by atoms with Crippen LogP contribution in [0.2, 0.25) is 0 Å². The molecule has 0 fully saturated rings. The third-order valence-electron chi connectivity index (χ3n) is 5.14. The smallest absolute Gasteiger partial charge is 0.184 e. The lowest BCUT2D eigenvalue weighted by Crippen LogP contribution is -2.39. The van der Waals surface area contributed by atoms with E-state index < -0.39 is 5.54 Å². The molecule has 0 N–H and O–H groups in total. The van der Waals surface area contributed by atoms with E-state index in [9.17, 15) is 0 Å². The summed E-state index contributed by atoms with van der Waals surface area (Å²) in [4.78, 5) is 0. The van der Waals surface area contributed by atoms with Crippen LogP contribution in [-0.2, 0) is 5.54 Å². The quantitative estimate of drug-likeness (QED) is 0.383. The van der Waals surface area contributed by atoms with Crippen LogP contribution in [0.25, 0.3) is 11.4 Å². The molecule has 4 nitrogen and oxygen atoms in total. The Bertz CT molecular complexity index is 1090. The Hall–Kier alpha value is -3.57. The van der Waals surface area contributed by atoms with E-state index in [4.69, 9.17) is 0 Å². The maximum atomic E-state index is 4.53. The number of hydrogen-bond acceptors (Lipinski definition) is 4. The molecule has 0 saturated heterocycles. The molecule has 0 aliphatic heterocycles. The van der Waals surface area contributed by atoms with Crippen molar-refractivity contribution in [2.24, 2.45) is 0 Å². The normalized spacial score (nSPS) is 11.4. The molecule has 2 heterocycles. The number of hydrogen-bond donors (Lipinski definition) is 0. The first-order chi connectivity index (χ1) is 14.4. The van der Waals surface area contributed by atoms with Crippen LogP contribution in [0.1, 0.15) is 16.7 Å². The number of benzene rings is 3. The van der Waals surface area contributed by atoms with Gasteiger partial charge in [-0.2, -0.15) is 11.3 Å². The third-order valence-corrected chi connectivity index (χ3v) is 5.82. The van der Waals surface area contributed by atoms with Gasteiger partial charge in [0, 0.05) is 10.9 Å². The van der Waals surface area contributed by atoms with Gasteiger partial charge in [0.1, 0.15) is 5.54 Å². The maximum absolute atomic E-state index is 4.53. The second-order valence-electron chi connectivity index (χ2n) is 6.73. The fourth-order valence-corrected chi connectivity index (χ4v) is 4.52. The van der Waals surface area contributed by atoms with Gasteiger partial charge in [-0.1, -0.05) is 91.0 Å². The molecule has 0 radical (unpaired) electrons.